The Morgan fingerprint density at radius 3 is 2.35 bits per heavy atom. The lowest BCUT2D eigenvalue weighted by Gasteiger charge is -2.38. The molecule has 0 radical (unpaired) electrons. The number of piperazine rings is 1. The highest BCUT2D eigenvalue weighted by Gasteiger charge is 2.26. The van der Waals surface area contributed by atoms with Crippen LogP contribution in [-0.2, 0) is 6.54 Å². The first-order chi connectivity index (χ1) is 11.2. The number of nitrogens with zero attached hydrogens (tertiary/aromatic N) is 2. The normalized spacial score (nSPS) is 20.8. The second kappa shape index (κ2) is 7.73. The minimum atomic E-state index is 0.697. The molecule has 2 fully saturated rings. The van der Waals surface area contributed by atoms with E-state index in [1.165, 1.54) is 38.8 Å². The highest BCUT2D eigenvalue weighted by atomic mass is 35.5. The molecule has 0 spiro atoms. The fraction of sp³-hybridized carbons (Fsp3) is 0.667. The van der Waals surface area contributed by atoms with Crippen LogP contribution in [0.25, 0.3) is 0 Å². The number of benzene rings is 1. The molecule has 1 heterocycles. The van der Waals surface area contributed by atoms with Crippen LogP contribution in [0.1, 0.15) is 31.2 Å². The lowest BCUT2D eigenvalue weighted by Crippen LogP contribution is -2.49. The van der Waals surface area contributed by atoms with Crippen molar-refractivity contribution in [2.24, 2.45) is 0 Å². The summed E-state index contributed by atoms with van der Waals surface area (Å²) in [5, 5.41) is 0.697. The van der Waals surface area contributed by atoms with Crippen LogP contribution in [0.3, 0.4) is 0 Å². The molecule has 1 aromatic carbocycles. The Hall–Kier alpha value is -0.970. The molecule has 5 heteroatoms. The van der Waals surface area contributed by atoms with Gasteiger partial charge in [0.1, 0.15) is 0 Å². The molecule has 0 atom stereocenters. The van der Waals surface area contributed by atoms with Gasteiger partial charge >= 0.3 is 0 Å². The second-order valence-electron chi connectivity index (χ2n) is 6.55. The Balaban J connectivity index is 1.63. The lowest BCUT2D eigenvalue weighted by atomic mass is 10.1. The maximum absolute atomic E-state index is 6.22. The second-order valence-corrected chi connectivity index (χ2v) is 6.99. The van der Waals surface area contributed by atoms with E-state index >= 15 is 0 Å². The van der Waals surface area contributed by atoms with Crippen molar-refractivity contribution in [3.63, 3.8) is 0 Å². The van der Waals surface area contributed by atoms with E-state index in [-0.39, 0.29) is 0 Å². The Kier molecular flexibility index (Phi) is 5.67. The van der Waals surface area contributed by atoms with Gasteiger partial charge in [-0.25, -0.2) is 0 Å². The minimum Gasteiger partial charge on any atom is -0.493 e. The third-order valence-corrected chi connectivity index (χ3v) is 5.38. The highest BCUT2D eigenvalue weighted by Crippen LogP contribution is 2.35. The van der Waals surface area contributed by atoms with E-state index in [0.717, 1.165) is 37.0 Å². The molecule has 2 aliphatic rings. The van der Waals surface area contributed by atoms with Crippen LogP contribution in [0.4, 0.5) is 0 Å². The van der Waals surface area contributed by atoms with E-state index in [2.05, 4.69) is 9.80 Å². The van der Waals surface area contributed by atoms with Crippen LogP contribution in [0.2, 0.25) is 5.02 Å². The average molecular weight is 339 g/mol. The molecule has 3 rings (SSSR count). The van der Waals surface area contributed by atoms with Crippen LogP contribution in [0, 0.1) is 0 Å². The largest absolute Gasteiger partial charge is 0.493 e. The van der Waals surface area contributed by atoms with Crippen LogP contribution < -0.4 is 9.47 Å². The molecule has 1 aliphatic carbocycles. The summed E-state index contributed by atoms with van der Waals surface area (Å²) in [6.07, 6.45) is 5.59. The summed E-state index contributed by atoms with van der Waals surface area (Å²) in [6, 6.07) is 4.63. The molecule has 0 aromatic heterocycles. The van der Waals surface area contributed by atoms with Gasteiger partial charge in [-0.1, -0.05) is 24.4 Å². The van der Waals surface area contributed by atoms with Gasteiger partial charge in [0.05, 0.1) is 14.2 Å². The van der Waals surface area contributed by atoms with E-state index < -0.39 is 0 Å². The first-order valence-electron chi connectivity index (χ1n) is 8.58. The maximum atomic E-state index is 6.22. The summed E-state index contributed by atoms with van der Waals surface area (Å²) in [6.45, 7) is 5.41. The van der Waals surface area contributed by atoms with E-state index in [1.807, 2.05) is 12.1 Å². The van der Waals surface area contributed by atoms with E-state index in [0.29, 0.717) is 10.8 Å². The molecule has 0 bridgehead atoms. The van der Waals surface area contributed by atoms with Crippen molar-refractivity contribution in [1.29, 1.82) is 0 Å². The fourth-order valence-corrected chi connectivity index (χ4v) is 4.15. The maximum Gasteiger partial charge on any atom is 0.165 e. The quantitative estimate of drug-likeness (QED) is 0.821. The average Bonchev–Trinajstić information content (AvgIpc) is 3.09. The summed E-state index contributed by atoms with van der Waals surface area (Å²) < 4.78 is 10.9. The zero-order valence-corrected chi connectivity index (χ0v) is 14.9. The molecule has 1 saturated carbocycles. The van der Waals surface area contributed by atoms with E-state index in [4.69, 9.17) is 21.1 Å². The van der Waals surface area contributed by atoms with Gasteiger partial charge in [0.2, 0.25) is 0 Å². The first-order valence-corrected chi connectivity index (χ1v) is 8.96. The monoisotopic (exact) mass is 338 g/mol. The summed E-state index contributed by atoms with van der Waals surface area (Å²) in [5.41, 5.74) is 1.10. The van der Waals surface area contributed by atoms with Gasteiger partial charge in [-0.05, 0) is 18.9 Å². The SMILES string of the molecule is COc1cc(Cl)cc(CN2CCN(C3CCCC3)CC2)c1OC. The molecular weight excluding hydrogens is 312 g/mol. The van der Waals surface area contributed by atoms with Crippen molar-refractivity contribution in [2.75, 3.05) is 40.4 Å². The molecule has 1 aliphatic heterocycles. The number of hydrogen-bond acceptors (Lipinski definition) is 4. The summed E-state index contributed by atoms with van der Waals surface area (Å²) in [7, 11) is 3.34. The number of hydrogen-bond donors (Lipinski definition) is 0. The van der Waals surface area contributed by atoms with Gasteiger partial charge in [-0.15, -0.1) is 0 Å². The Morgan fingerprint density at radius 2 is 1.74 bits per heavy atom. The Bertz CT molecular complexity index is 524. The summed E-state index contributed by atoms with van der Waals surface area (Å²) in [4.78, 5) is 5.17. The smallest absolute Gasteiger partial charge is 0.165 e. The summed E-state index contributed by atoms with van der Waals surface area (Å²) in [5.74, 6) is 1.51. The topological polar surface area (TPSA) is 24.9 Å². The molecule has 1 saturated heterocycles. The van der Waals surface area contributed by atoms with Crippen molar-refractivity contribution in [1.82, 2.24) is 9.80 Å². The number of methoxy groups -OCH3 is 2. The van der Waals surface area contributed by atoms with Crippen molar-refractivity contribution in [3.8, 4) is 11.5 Å². The molecule has 0 N–H and O–H groups in total. The molecule has 4 nitrogen and oxygen atoms in total. The van der Waals surface area contributed by atoms with Gasteiger partial charge in [-0.2, -0.15) is 0 Å². The van der Waals surface area contributed by atoms with Gasteiger partial charge in [0.15, 0.2) is 11.5 Å². The molecular formula is C18H27ClN2O2. The predicted octanol–water partition coefficient (Wildman–Crippen LogP) is 3.42. The number of rotatable bonds is 5. The Labute approximate surface area is 144 Å². The van der Waals surface area contributed by atoms with Crippen molar-refractivity contribution >= 4 is 11.6 Å². The van der Waals surface area contributed by atoms with Gasteiger partial charge in [0, 0.05) is 55.4 Å². The summed E-state index contributed by atoms with van der Waals surface area (Å²) >= 11 is 6.22. The molecule has 128 valence electrons. The third kappa shape index (κ3) is 3.93. The zero-order chi connectivity index (χ0) is 16.2. The van der Waals surface area contributed by atoms with Gasteiger partial charge in [0.25, 0.3) is 0 Å². The van der Waals surface area contributed by atoms with Crippen LogP contribution in [0.15, 0.2) is 12.1 Å². The van der Waals surface area contributed by atoms with Gasteiger partial charge in [-0.3, -0.25) is 9.80 Å². The minimum absolute atomic E-state index is 0.697. The van der Waals surface area contributed by atoms with Crippen molar-refractivity contribution in [2.45, 2.75) is 38.3 Å². The Morgan fingerprint density at radius 1 is 1.04 bits per heavy atom. The number of ether oxygens (including phenoxy) is 2. The zero-order valence-electron chi connectivity index (χ0n) is 14.2. The highest BCUT2D eigenvalue weighted by molar-refractivity contribution is 6.30. The molecule has 1 aromatic rings. The molecule has 0 unspecified atom stereocenters. The van der Waals surface area contributed by atoms with Gasteiger partial charge < -0.3 is 9.47 Å². The number of halogens is 1. The third-order valence-electron chi connectivity index (χ3n) is 5.16. The van der Waals surface area contributed by atoms with Crippen LogP contribution in [-0.4, -0.2) is 56.2 Å². The first kappa shape index (κ1) is 16.9. The lowest BCUT2D eigenvalue weighted by molar-refractivity contribution is 0.0931. The van der Waals surface area contributed by atoms with Crippen molar-refractivity contribution < 1.29 is 9.47 Å². The van der Waals surface area contributed by atoms with Crippen LogP contribution >= 0.6 is 11.6 Å². The van der Waals surface area contributed by atoms with Crippen molar-refractivity contribution in [3.05, 3.63) is 22.7 Å². The van der Waals surface area contributed by atoms with E-state index in [9.17, 15) is 0 Å². The predicted molar refractivity (Wildman–Crippen MR) is 93.7 cm³/mol. The molecule has 0 amide bonds. The fourth-order valence-electron chi connectivity index (χ4n) is 3.92. The van der Waals surface area contributed by atoms with E-state index in [1.54, 1.807) is 14.2 Å². The molecule has 23 heavy (non-hydrogen) atoms. The standard InChI is InChI=1S/C18H27ClN2O2/c1-22-17-12-15(19)11-14(18(17)23-2)13-20-7-9-21(10-8-20)16-5-3-4-6-16/h11-12,16H,3-10,13H2,1-2H3. The van der Waals surface area contributed by atoms with Crippen LogP contribution in [0.5, 0.6) is 11.5 Å².